The van der Waals surface area contributed by atoms with E-state index in [4.69, 9.17) is 9.47 Å². The average Bonchev–Trinajstić information content (AvgIpc) is 2.64. The molecular weight excluding hydrogens is 358 g/mol. The highest BCUT2D eigenvalue weighted by molar-refractivity contribution is 5.79. The minimum atomic E-state index is -0.655. The maximum atomic E-state index is 12.5. The highest BCUT2D eigenvalue weighted by Gasteiger charge is 2.43. The van der Waals surface area contributed by atoms with Gasteiger partial charge in [0.2, 0.25) is 6.41 Å². The Balaban J connectivity index is 2.63. The monoisotopic (exact) mass is 395 g/mol. The Kier molecular flexibility index (Phi) is 11.5. The molecule has 6 heteroatoms. The average molecular weight is 396 g/mol. The minimum absolute atomic E-state index is 0.0960. The summed E-state index contributed by atoms with van der Waals surface area (Å²) >= 11 is 0. The summed E-state index contributed by atoms with van der Waals surface area (Å²) in [6.45, 7) is 9.86. The Bertz CT molecular complexity index is 505. The second-order valence-corrected chi connectivity index (χ2v) is 8.06. The fourth-order valence-electron chi connectivity index (χ4n) is 3.53. The number of rotatable bonds is 16. The van der Waals surface area contributed by atoms with Gasteiger partial charge >= 0.3 is 11.9 Å². The third-order valence-electron chi connectivity index (χ3n) is 5.12. The van der Waals surface area contributed by atoms with Crippen molar-refractivity contribution in [1.82, 2.24) is 5.32 Å². The molecule has 28 heavy (non-hydrogen) atoms. The highest BCUT2D eigenvalue weighted by Crippen LogP contribution is 2.32. The molecule has 4 atom stereocenters. The maximum Gasteiger partial charge on any atom is 0.328 e. The summed E-state index contributed by atoms with van der Waals surface area (Å²) < 4.78 is 11.0. The normalized spacial score (nSPS) is 20.6. The molecule has 1 heterocycles. The van der Waals surface area contributed by atoms with Crippen molar-refractivity contribution in [3.8, 4) is 0 Å². The van der Waals surface area contributed by atoms with E-state index in [1.165, 1.54) is 6.42 Å². The van der Waals surface area contributed by atoms with E-state index in [1.54, 1.807) is 6.08 Å². The van der Waals surface area contributed by atoms with Crippen molar-refractivity contribution in [1.29, 1.82) is 0 Å². The van der Waals surface area contributed by atoms with Crippen molar-refractivity contribution in [2.45, 2.75) is 96.8 Å². The molecule has 0 aliphatic carbocycles. The van der Waals surface area contributed by atoms with E-state index < -0.39 is 12.0 Å². The van der Waals surface area contributed by atoms with Crippen molar-refractivity contribution < 1.29 is 23.9 Å². The number of esters is 2. The summed E-state index contributed by atoms with van der Waals surface area (Å²) in [6.07, 6.45) is 9.41. The number of cyclic esters (lactones) is 1. The van der Waals surface area contributed by atoms with Crippen LogP contribution in [-0.2, 0) is 23.9 Å². The number of hydrogen-bond acceptors (Lipinski definition) is 5. The van der Waals surface area contributed by atoms with Crippen LogP contribution >= 0.6 is 0 Å². The standard InChI is InChI=1S/C22H37NO5/c1-5-7-9-10-12-18-20(28-21(18)25)14-17(11-8-6-2)27-22(26)19(23-15-24)13-16(3)4/h6,15-20H,2,5,7-14H2,1,3-4H3,(H,23,24)/t17?,18-,19+,20-/m1/s1. The zero-order valence-electron chi connectivity index (χ0n) is 17.7. The second kappa shape index (κ2) is 13.3. The first kappa shape index (κ1) is 24.2. The SMILES string of the molecule is C=CCCC(C[C@H]1OC(=O)[C@@H]1CCCCCC)OC(=O)[C@H](CC(C)C)NC=O. The summed E-state index contributed by atoms with van der Waals surface area (Å²) in [5, 5.41) is 2.55. The van der Waals surface area contributed by atoms with Crippen molar-refractivity contribution in [3.05, 3.63) is 12.7 Å². The van der Waals surface area contributed by atoms with Crippen LogP contribution in [0.3, 0.4) is 0 Å². The van der Waals surface area contributed by atoms with E-state index in [2.05, 4.69) is 18.8 Å². The predicted molar refractivity (Wildman–Crippen MR) is 108 cm³/mol. The summed E-state index contributed by atoms with van der Waals surface area (Å²) in [6, 6.07) is -0.655. The van der Waals surface area contributed by atoms with E-state index in [9.17, 15) is 14.4 Å². The number of ether oxygens (including phenoxy) is 2. The lowest BCUT2D eigenvalue weighted by Crippen LogP contribution is -2.48. The molecule has 0 radical (unpaired) electrons. The second-order valence-electron chi connectivity index (χ2n) is 8.06. The number of allylic oxidation sites excluding steroid dienone is 1. The summed E-state index contributed by atoms with van der Waals surface area (Å²) in [4.78, 5) is 35.2. The van der Waals surface area contributed by atoms with E-state index in [1.807, 2.05) is 13.8 Å². The van der Waals surface area contributed by atoms with Crippen LogP contribution in [0.25, 0.3) is 0 Å². The number of amides is 1. The quantitative estimate of drug-likeness (QED) is 0.185. The van der Waals surface area contributed by atoms with Gasteiger partial charge in [-0.15, -0.1) is 6.58 Å². The maximum absolute atomic E-state index is 12.5. The molecule has 1 N–H and O–H groups in total. The molecule has 1 rings (SSSR count). The molecule has 1 fully saturated rings. The lowest BCUT2D eigenvalue weighted by Gasteiger charge is -2.37. The summed E-state index contributed by atoms with van der Waals surface area (Å²) in [7, 11) is 0. The molecule has 0 bridgehead atoms. The first-order valence-electron chi connectivity index (χ1n) is 10.6. The van der Waals surface area contributed by atoms with Gasteiger partial charge in [-0.3, -0.25) is 9.59 Å². The molecule has 0 spiro atoms. The molecule has 1 saturated heterocycles. The predicted octanol–water partition coefficient (Wildman–Crippen LogP) is 3.93. The van der Waals surface area contributed by atoms with Gasteiger partial charge in [0.25, 0.3) is 0 Å². The Labute approximate surface area is 169 Å². The van der Waals surface area contributed by atoms with Crippen molar-refractivity contribution in [2.24, 2.45) is 11.8 Å². The number of hydrogen-bond donors (Lipinski definition) is 1. The zero-order valence-corrected chi connectivity index (χ0v) is 17.7. The zero-order chi connectivity index (χ0) is 20.9. The molecule has 6 nitrogen and oxygen atoms in total. The largest absolute Gasteiger partial charge is 0.461 e. The first-order chi connectivity index (χ1) is 13.4. The van der Waals surface area contributed by atoms with E-state index in [0.717, 1.165) is 25.7 Å². The lowest BCUT2D eigenvalue weighted by atomic mass is 9.86. The van der Waals surface area contributed by atoms with Crippen LogP contribution in [0.1, 0.15) is 78.6 Å². The summed E-state index contributed by atoms with van der Waals surface area (Å²) in [5.41, 5.74) is 0. The molecule has 1 aliphatic rings. The molecule has 160 valence electrons. The highest BCUT2D eigenvalue weighted by atomic mass is 16.6. The van der Waals surface area contributed by atoms with Crippen LogP contribution in [0.15, 0.2) is 12.7 Å². The van der Waals surface area contributed by atoms with E-state index >= 15 is 0 Å². The minimum Gasteiger partial charge on any atom is -0.461 e. The smallest absolute Gasteiger partial charge is 0.328 e. The molecule has 1 amide bonds. The number of nitrogens with one attached hydrogen (secondary N) is 1. The fourth-order valence-corrected chi connectivity index (χ4v) is 3.53. The van der Waals surface area contributed by atoms with Gasteiger partial charge in [-0.25, -0.2) is 4.79 Å². The van der Waals surface area contributed by atoms with Crippen molar-refractivity contribution in [2.75, 3.05) is 0 Å². The van der Waals surface area contributed by atoms with Crippen LogP contribution in [0.5, 0.6) is 0 Å². The molecular formula is C22H37NO5. The molecule has 0 aromatic rings. The van der Waals surface area contributed by atoms with Crippen LogP contribution < -0.4 is 5.32 Å². The Morgan fingerprint density at radius 1 is 1.32 bits per heavy atom. The fraction of sp³-hybridized carbons (Fsp3) is 0.773. The van der Waals surface area contributed by atoms with Crippen LogP contribution in [0.4, 0.5) is 0 Å². The van der Waals surface area contributed by atoms with E-state index in [0.29, 0.717) is 32.1 Å². The molecule has 0 saturated carbocycles. The molecule has 1 aliphatic heterocycles. The molecule has 1 unspecified atom stereocenters. The van der Waals surface area contributed by atoms with Gasteiger partial charge in [0.15, 0.2) is 0 Å². The van der Waals surface area contributed by atoms with Crippen LogP contribution in [0.2, 0.25) is 0 Å². The van der Waals surface area contributed by atoms with Crippen LogP contribution in [-0.4, -0.2) is 36.6 Å². The third kappa shape index (κ3) is 8.44. The summed E-state index contributed by atoms with van der Waals surface area (Å²) in [5.74, 6) is -0.423. The van der Waals surface area contributed by atoms with Crippen LogP contribution in [0, 0.1) is 11.8 Å². The van der Waals surface area contributed by atoms with Gasteiger partial charge in [0, 0.05) is 6.42 Å². The van der Waals surface area contributed by atoms with Gasteiger partial charge in [-0.05, 0) is 31.6 Å². The van der Waals surface area contributed by atoms with Gasteiger partial charge in [-0.2, -0.15) is 0 Å². The van der Waals surface area contributed by atoms with Gasteiger partial charge < -0.3 is 14.8 Å². The Hall–Kier alpha value is -1.85. The number of carbonyl (C=O) groups excluding carboxylic acids is 3. The van der Waals surface area contributed by atoms with Gasteiger partial charge in [-0.1, -0.05) is 52.5 Å². The Morgan fingerprint density at radius 3 is 2.64 bits per heavy atom. The van der Waals surface area contributed by atoms with Gasteiger partial charge in [0.05, 0.1) is 5.92 Å². The lowest BCUT2D eigenvalue weighted by molar-refractivity contribution is -0.190. The van der Waals surface area contributed by atoms with Gasteiger partial charge in [0.1, 0.15) is 18.2 Å². The van der Waals surface area contributed by atoms with E-state index in [-0.39, 0.29) is 30.0 Å². The van der Waals surface area contributed by atoms with Crippen molar-refractivity contribution in [3.63, 3.8) is 0 Å². The molecule has 0 aromatic carbocycles. The van der Waals surface area contributed by atoms with Crippen molar-refractivity contribution >= 4 is 18.3 Å². The third-order valence-corrected chi connectivity index (χ3v) is 5.12. The number of unbranched alkanes of at least 4 members (excludes halogenated alkanes) is 3. The Morgan fingerprint density at radius 2 is 2.07 bits per heavy atom. The topological polar surface area (TPSA) is 81.7 Å². The molecule has 0 aromatic heterocycles. The number of carbonyl (C=O) groups is 3. The first-order valence-corrected chi connectivity index (χ1v) is 10.6.